The van der Waals surface area contributed by atoms with Crippen molar-refractivity contribution in [3.63, 3.8) is 0 Å². The van der Waals surface area contributed by atoms with Crippen LogP contribution in [-0.2, 0) is 14.3 Å². The number of likely N-dealkylation sites (tertiary alicyclic amines) is 1. The topological polar surface area (TPSA) is 88.5 Å². The second-order valence-corrected chi connectivity index (χ2v) is 9.03. The molecule has 0 aliphatic carbocycles. The Labute approximate surface area is 217 Å². The zero-order chi connectivity index (χ0) is 26.4. The predicted octanol–water partition coefficient (Wildman–Crippen LogP) is 3.71. The van der Waals surface area contributed by atoms with Gasteiger partial charge in [0.05, 0.1) is 31.4 Å². The molecule has 0 aromatic heterocycles. The van der Waals surface area contributed by atoms with Gasteiger partial charge in [0.1, 0.15) is 23.9 Å². The highest BCUT2D eigenvalue weighted by Crippen LogP contribution is 2.40. The van der Waals surface area contributed by atoms with Gasteiger partial charge in [0, 0.05) is 31.7 Å². The van der Waals surface area contributed by atoms with Gasteiger partial charge in [0.15, 0.2) is 0 Å². The number of hydrogen-bond donors (Lipinski definition) is 1. The number of aliphatic hydroxyl groups is 1. The molecule has 0 radical (unpaired) electrons. The Morgan fingerprint density at radius 3 is 2.49 bits per heavy atom. The Kier molecular flexibility index (Phi) is 8.63. The van der Waals surface area contributed by atoms with E-state index in [0.717, 1.165) is 24.2 Å². The number of morpholine rings is 1. The first-order valence-corrected chi connectivity index (χ1v) is 12.6. The summed E-state index contributed by atoms with van der Waals surface area (Å²) in [5.41, 5.74) is 2.09. The number of hydrogen-bond acceptors (Lipinski definition) is 7. The molecular weight excluding hydrogens is 472 g/mol. The van der Waals surface area contributed by atoms with Gasteiger partial charge in [-0.2, -0.15) is 0 Å². The lowest BCUT2D eigenvalue weighted by Crippen LogP contribution is -2.42. The molecule has 0 saturated carbocycles. The van der Waals surface area contributed by atoms with Crippen molar-refractivity contribution >= 4 is 17.4 Å². The maximum Gasteiger partial charge on any atom is 0.295 e. The highest BCUT2D eigenvalue weighted by Gasteiger charge is 2.46. The van der Waals surface area contributed by atoms with Crippen molar-refractivity contribution < 1.29 is 28.9 Å². The smallest absolute Gasteiger partial charge is 0.295 e. The Hall–Kier alpha value is -3.62. The van der Waals surface area contributed by atoms with Crippen molar-refractivity contribution in [2.24, 2.45) is 0 Å². The van der Waals surface area contributed by atoms with Crippen LogP contribution in [0.3, 0.4) is 0 Å². The Morgan fingerprint density at radius 2 is 1.84 bits per heavy atom. The lowest BCUT2D eigenvalue weighted by Gasteiger charge is -2.31. The van der Waals surface area contributed by atoms with E-state index in [1.807, 2.05) is 26.0 Å². The van der Waals surface area contributed by atoms with Crippen LogP contribution in [-0.4, -0.2) is 79.2 Å². The summed E-state index contributed by atoms with van der Waals surface area (Å²) in [5, 5.41) is 11.4. The molecule has 4 rings (SSSR count). The molecule has 1 N–H and O–H groups in total. The van der Waals surface area contributed by atoms with Crippen LogP contribution in [0, 0.1) is 6.92 Å². The summed E-state index contributed by atoms with van der Waals surface area (Å²) in [6.07, 6.45) is 1.66. The summed E-state index contributed by atoms with van der Waals surface area (Å²) < 4.78 is 16.6. The fourth-order valence-electron chi connectivity index (χ4n) is 4.70. The summed E-state index contributed by atoms with van der Waals surface area (Å²) in [4.78, 5) is 30.3. The molecule has 2 fully saturated rings. The molecule has 0 bridgehead atoms. The standard InChI is InChI=1S/C29H34N2O6/c1-4-16-37-23-9-6-21(7-10-23)26-25(27(32)22-8-11-24(36-5-2)20(3)19-22)28(33)29(34)31(26)13-12-30-14-17-35-18-15-30/h4,6-11,19,26,32H,1,5,12-18H2,2-3H3/t26-/m1/s1. The zero-order valence-electron chi connectivity index (χ0n) is 21.4. The molecule has 37 heavy (non-hydrogen) atoms. The van der Waals surface area contributed by atoms with E-state index in [-0.39, 0.29) is 11.3 Å². The van der Waals surface area contributed by atoms with Gasteiger partial charge in [0.25, 0.3) is 11.7 Å². The fourth-order valence-corrected chi connectivity index (χ4v) is 4.70. The normalized spacial score (nSPS) is 19.7. The third kappa shape index (κ3) is 5.87. The summed E-state index contributed by atoms with van der Waals surface area (Å²) in [5.74, 6) is -0.152. The van der Waals surface area contributed by atoms with Gasteiger partial charge in [-0.25, -0.2) is 0 Å². The Balaban J connectivity index is 1.72. The molecule has 8 heteroatoms. The molecule has 196 valence electrons. The molecule has 1 atom stereocenters. The van der Waals surface area contributed by atoms with Crippen LogP contribution in [0.15, 0.2) is 60.7 Å². The number of benzene rings is 2. The number of aryl methyl sites for hydroxylation is 1. The van der Waals surface area contributed by atoms with Gasteiger partial charge >= 0.3 is 0 Å². The molecule has 2 saturated heterocycles. The lowest BCUT2D eigenvalue weighted by molar-refractivity contribution is -0.140. The van der Waals surface area contributed by atoms with Crippen molar-refractivity contribution in [1.82, 2.24) is 9.80 Å². The van der Waals surface area contributed by atoms with Crippen molar-refractivity contribution in [3.05, 3.63) is 77.4 Å². The number of amides is 1. The quantitative estimate of drug-likeness (QED) is 0.227. The minimum absolute atomic E-state index is 0.0790. The van der Waals surface area contributed by atoms with Gasteiger partial charge in [-0.3, -0.25) is 14.5 Å². The number of carbonyl (C=O) groups is 2. The minimum Gasteiger partial charge on any atom is -0.507 e. The maximum absolute atomic E-state index is 13.3. The first-order valence-electron chi connectivity index (χ1n) is 12.6. The summed E-state index contributed by atoms with van der Waals surface area (Å²) in [7, 11) is 0. The van der Waals surface area contributed by atoms with E-state index in [1.165, 1.54) is 0 Å². The number of carbonyl (C=O) groups excluding carboxylic acids is 2. The molecule has 2 heterocycles. The molecule has 8 nitrogen and oxygen atoms in total. The first-order chi connectivity index (χ1) is 17.9. The van der Waals surface area contributed by atoms with Crippen LogP contribution in [0.5, 0.6) is 11.5 Å². The highest BCUT2D eigenvalue weighted by atomic mass is 16.5. The van der Waals surface area contributed by atoms with Crippen LogP contribution in [0.2, 0.25) is 0 Å². The van der Waals surface area contributed by atoms with Gasteiger partial charge in [-0.15, -0.1) is 0 Å². The summed E-state index contributed by atoms with van der Waals surface area (Å²) >= 11 is 0. The summed E-state index contributed by atoms with van der Waals surface area (Å²) in [6, 6.07) is 11.8. The Morgan fingerprint density at radius 1 is 1.11 bits per heavy atom. The lowest BCUT2D eigenvalue weighted by atomic mass is 9.94. The average Bonchev–Trinajstić information content (AvgIpc) is 3.17. The largest absolute Gasteiger partial charge is 0.507 e. The predicted molar refractivity (Wildman–Crippen MR) is 141 cm³/mol. The molecule has 2 aromatic carbocycles. The van der Waals surface area contributed by atoms with Crippen molar-refractivity contribution in [1.29, 1.82) is 0 Å². The molecule has 1 amide bonds. The van der Waals surface area contributed by atoms with Crippen molar-refractivity contribution in [2.45, 2.75) is 19.9 Å². The molecule has 2 aromatic rings. The number of nitrogens with zero attached hydrogens (tertiary/aromatic N) is 2. The van der Waals surface area contributed by atoms with E-state index in [1.54, 1.807) is 41.3 Å². The number of aliphatic hydroxyl groups excluding tert-OH is 1. The maximum atomic E-state index is 13.3. The van der Waals surface area contributed by atoms with E-state index in [2.05, 4.69) is 11.5 Å². The average molecular weight is 507 g/mol. The highest BCUT2D eigenvalue weighted by molar-refractivity contribution is 6.46. The minimum atomic E-state index is -0.721. The van der Waals surface area contributed by atoms with Crippen LogP contribution >= 0.6 is 0 Å². The SMILES string of the molecule is C=CCOc1ccc([C@@H]2C(=C(O)c3ccc(OCC)c(C)c3)C(=O)C(=O)N2CCN2CCOCC2)cc1. The third-order valence-electron chi connectivity index (χ3n) is 6.61. The summed E-state index contributed by atoms with van der Waals surface area (Å²) in [6.45, 7) is 12.1. The van der Waals surface area contributed by atoms with E-state index in [4.69, 9.17) is 14.2 Å². The second kappa shape index (κ2) is 12.1. The number of rotatable bonds is 10. The monoisotopic (exact) mass is 506 g/mol. The van der Waals surface area contributed by atoms with Crippen molar-refractivity contribution in [2.75, 3.05) is 52.6 Å². The molecular formula is C29H34N2O6. The number of ether oxygens (including phenoxy) is 3. The third-order valence-corrected chi connectivity index (χ3v) is 6.61. The van der Waals surface area contributed by atoms with Gasteiger partial charge < -0.3 is 24.2 Å². The van der Waals surface area contributed by atoms with Crippen LogP contribution < -0.4 is 9.47 Å². The Bertz CT molecular complexity index is 1170. The molecule has 2 aliphatic heterocycles. The second-order valence-electron chi connectivity index (χ2n) is 9.03. The number of ketones is 1. The van der Waals surface area contributed by atoms with E-state index in [0.29, 0.717) is 56.6 Å². The zero-order valence-corrected chi connectivity index (χ0v) is 21.4. The van der Waals surface area contributed by atoms with E-state index >= 15 is 0 Å². The first kappa shape index (κ1) is 26.4. The van der Waals surface area contributed by atoms with Crippen LogP contribution in [0.4, 0.5) is 0 Å². The van der Waals surface area contributed by atoms with E-state index in [9.17, 15) is 14.7 Å². The van der Waals surface area contributed by atoms with Gasteiger partial charge in [-0.05, 0) is 55.3 Å². The molecule has 2 aliphatic rings. The van der Waals surface area contributed by atoms with Crippen molar-refractivity contribution in [3.8, 4) is 11.5 Å². The number of Topliss-reactive ketones (excluding diaryl/α,β-unsaturated/α-hetero) is 1. The van der Waals surface area contributed by atoms with Crippen LogP contribution in [0.25, 0.3) is 5.76 Å². The molecule has 0 unspecified atom stereocenters. The van der Waals surface area contributed by atoms with Gasteiger partial charge in [-0.1, -0.05) is 24.8 Å². The fraction of sp³-hybridized carbons (Fsp3) is 0.379. The van der Waals surface area contributed by atoms with Gasteiger partial charge in [0.2, 0.25) is 0 Å². The van der Waals surface area contributed by atoms with E-state index < -0.39 is 17.7 Å². The molecule has 0 spiro atoms. The van der Waals surface area contributed by atoms with Crippen LogP contribution in [0.1, 0.15) is 29.7 Å².